The van der Waals surface area contributed by atoms with Gasteiger partial charge in [0.2, 0.25) is 12.3 Å². The molecule has 5 rings (SSSR count). The Labute approximate surface area is 225 Å². The lowest BCUT2D eigenvalue weighted by atomic mass is 9.35. The average Bonchev–Trinajstić information content (AvgIpc) is 2.86. The van der Waals surface area contributed by atoms with Crippen LogP contribution in [-0.4, -0.2) is 23.9 Å². The van der Waals surface area contributed by atoms with Gasteiger partial charge in [-0.3, -0.25) is 30.0 Å². The Kier molecular flexibility index (Phi) is 5.91. The quantitative estimate of drug-likeness (QED) is 0.418. The van der Waals surface area contributed by atoms with Gasteiger partial charge in [0.05, 0.1) is 11.0 Å². The summed E-state index contributed by atoms with van der Waals surface area (Å²) in [6.45, 7) is 13.0. The molecule has 3 saturated carbocycles. The Morgan fingerprint density at radius 1 is 1.05 bits per heavy atom. The highest BCUT2D eigenvalue weighted by Crippen LogP contribution is 2.73. The summed E-state index contributed by atoms with van der Waals surface area (Å²) in [4.78, 5) is 51.9. The Morgan fingerprint density at radius 2 is 1.74 bits per heavy atom. The topological polar surface area (TPSA) is 116 Å². The second-order valence-electron chi connectivity index (χ2n) is 14.3. The van der Waals surface area contributed by atoms with Crippen molar-refractivity contribution in [3.63, 3.8) is 0 Å². The first-order valence-electron chi connectivity index (χ1n) is 14.1. The van der Waals surface area contributed by atoms with Gasteiger partial charge in [0, 0.05) is 17.3 Å². The summed E-state index contributed by atoms with van der Waals surface area (Å²) in [5.74, 6) is -0.865. The summed E-state index contributed by atoms with van der Waals surface area (Å²) in [5, 5.41) is 9.76. The van der Waals surface area contributed by atoms with Crippen LogP contribution in [0.1, 0.15) is 86.5 Å². The molecule has 8 unspecified atom stereocenters. The third kappa shape index (κ3) is 3.31. The van der Waals surface area contributed by atoms with E-state index in [0.717, 1.165) is 37.7 Å². The second-order valence-corrected chi connectivity index (χ2v) is 14.3. The molecule has 0 spiro atoms. The van der Waals surface area contributed by atoms with Crippen molar-refractivity contribution in [3.8, 4) is 6.07 Å². The van der Waals surface area contributed by atoms with Crippen LogP contribution in [0.25, 0.3) is 0 Å². The molecule has 0 aromatic carbocycles. The molecule has 7 nitrogen and oxygen atoms in total. The first-order valence-corrected chi connectivity index (χ1v) is 14.1. The maximum atomic E-state index is 14.4. The van der Waals surface area contributed by atoms with Crippen LogP contribution < -0.4 is 10.9 Å². The van der Waals surface area contributed by atoms with Gasteiger partial charge in [-0.2, -0.15) is 5.26 Å². The van der Waals surface area contributed by atoms with Gasteiger partial charge in [-0.05, 0) is 79.1 Å². The number of fused-ring (bicyclic) bond motifs is 7. The molecule has 0 radical (unpaired) electrons. The van der Waals surface area contributed by atoms with Gasteiger partial charge >= 0.3 is 0 Å². The fourth-order valence-corrected chi connectivity index (χ4v) is 9.87. The first kappa shape index (κ1) is 26.8. The normalized spacial score (nSPS) is 45.1. The van der Waals surface area contributed by atoms with Crippen LogP contribution in [-0.2, 0) is 19.2 Å². The van der Waals surface area contributed by atoms with Crippen molar-refractivity contribution in [2.45, 2.75) is 86.5 Å². The van der Waals surface area contributed by atoms with Gasteiger partial charge in [-0.1, -0.05) is 53.2 Å². The Bertz CT molecular complexity index is 1230. The van der Waals surface area contributed by atoms with Crippen LogP contribution in [0.15, 0.2) is 23.3 Å². The highest BCUT2D eigenvalue weighted by atomic mass is 16.2. The average molecular weight is 520 g/mol. The summed E-state index contributed by atoms with van der Waals surface area (Å²) in [5.41, 5.74) is 4.33. The van der Waals surface area contributed by atoms with Crippen LogP contribution in [0.4, 0.5) is 0 Å². The van der Waals surface area contributed by atoms with Crippen molar-refractivity contribution in [3.05, 3.63) is 23.3 Å². The fraction of sp³-hybridized carbons (Fsp3) is 0.710. The molecule has 8 atom stereocenters. The fourth-order valence-electron chi connectivity index (χ4n) is 9.87. The number of rotatable bonds is 3. The monoisotopic (exact) mass is 519 g/mol. The summed E-state index contributed by atoms with van der Waals surface area (Å²) in [7, 11) is 0. The third-order valence-electron chi connectivity index (χ3n) is 12.2. The molecule has 0 aromatic rings. The molecule has 2 N–H and O–H groups in total. The summed E-state index contributed by atoms with van der Waals surface area (Å²) in [6, 6.07) is 2.13. The van der Waals surface area contributed by atoms with Gasteiger partial charge in [0.25, 0.3) is 0 Å². The van der Waals surface area contributed by atoms with Crippen LogP contribution in [0.3, 0.4) is 0 Å². The number of nitrogens with one attached hydrogen (secondary N) is 2. The predicted octanol–water partition coefficient (Wildman–Crippen LogP) is 4.59. The lowest BCUT2D eigenvalue weighted by molar-refractivity contribution is -0.178. The van der Waals surface area contributed by atoms with E-state index in [4.69, 9.17) is 0 Å². The van der Waals surface area contributed by atoms with E-state index in [1.807, 2.05) is 19.1 Å². The van der Waals surface area contributed by atoms with Crippen LogP contribution >= 0.6 is 0 Å². The summed E-state index contributed by atoms with van der Waals surface area (Å²) in [6.07, 6.45) is 9.66. The number of amides is 2. The van der Waals surface area contributed by atoms with Crippen molar-refractivity contribution in [1.29, 1.82) is 5.26 Å². The second kappa shape index (κ2) is 8.37. The molecule has 2 amide bonds. The SMILES string of the molecule is CC1C(=O)C(C#N)=CC2(C)C3=CC(=O)C4C5CC(C)(C)CCC5(C(=O)NNC=O)CCC4(C)C3(C)CCC12. The number of carbonyl (C=O) groups excluding carboxylic acids is 4. The number of hydrogen-bond donors (Lipinski definition) is 2. The third-order valence-corrected chi connectivity index (χ3v) is 12.2. The number of nitriles is 1. The first-order chi connectivity index (χ1) is 17.7. The maximum absolute atomic E-state index is 14.4. The summed E-state index contributed by atoms with van der Waals surface area (Å²) >= 11 is 0. The van der Waals surface area contributed by atoms with Crippen LogP contribution in [0.5, 0.6) is 0 Å². The number of Topliss-reactive ketones (excluding diaryl/α,β-unsaturated/α-hetero) is 1. The Hall–Kier alpha value is -2.75. The molecule has 0 aromatic heterocycles. The Balaban J connectivity index is 1.66. The molecule has 0 aliphatic heterocycles. The van der Waals surface area contributed by atoms with Gasteiger partial charge in [-0.15, -0.1) is 0 Å². The summed E-state index contributed by atoms with van der Waals surface area (Å²) < 4.78 is 0. The highest BCUT2D eigenvalue weighted by molar-refractivity contribution is 6.02. The standard InChI is InChI=1S/C31H41N3O4/c1-18-20-7-8-29(5)23(28(20,4)14-19(16-32)25(18)37)13-22(36)24-21-15-27(2,3)9-11-31(21,12-10-30(24,29)6)26(38)34-33-17-35/h13-14,17-18,20-21,24H,7-12,15H2,1-6H3,(H,33,35)(H,34,38). The molecule has 204 valence electrons. The largest absolute Gasteiger partial charge is 0.295 e. The minimum Gasteiger partial charge on any atom is -0.295 e. The number of ketones is 2. The van der Waals surface area contributed by atoms with Crippen molar-refractivity contribution in [2.75, 3.05) is 0 Å². The van der Waals surface area contributed by atoms with E-state index in [2.05, 4.69) is 51.5 Å². The van der Waals surface area contributed by atoms with Crippen molar-refractivity contribution < 1.29 is 19.2 Å². The molecule has 0 bridgehead atoms. The van der Waals surface area contributed by atoms with E-state index in [9.17, 15) is 24.4 Å². The maximum Gasteiger partial charge on any atom is 0.244 e. The molecular formula is C31H41N3O4. The molecule has 38 heavy (non-hydrogen) atoms. The van der Waals surface area contributed by atoms with E-state index in [0.29, 0.717) is 19.3 Å². The smallest absolute Gasteiger partial charge is 0.244 e. The number of carbonyl (C=O) groups is 4. The minimum absolute atomic E-state index is 0.00317. The van der Waals surface area contributed by atoms with Crippen molar-refractivity contribution in [2.24, 2.45) is 50.7 Å². The predicted molar refractivity (Wildman–Crippen MR) is 142 cm³/mol. The van der Waals surface area contributed by atoms with Crippen molar-refractivity contribution >= 4 is 23.9 Å². The van der Waals surface area contributed by atoms with E-state index < -0.39 is 10.8 Å². The molecule has 3 fully saturated rings. The van der Waals surface area contributed by atoms with E-state index in [1.54, 1.807) is 0 Å². The zero-order chi connectivity index (χ0) is 27.9. The number of allylic oxidation sites excluding steroid dienone is 4. The highest BCUT2D eigenvalue weighted by Gasteiger charge is 2.70. The van der Waals surface area contributed by atoms with Gasteiger partial charge in [0.1, 0.15) is 6.07 Å². The van der Waals surface area contributed by atoms with Gasteiger partial charge in [0.15, 0.2) is 11.6 Å². The molecule has 0 saturated heterocycles. The Morgan fingerprint density at radius 3 is 2.39 bits per heavy atom. The number of hydrogen-bond acceptors (Lipinski definition) is 5. The van der Waals surface area contributed by atoms with Crippen LogP contribution in [0, 0.1) is 62.1 Å². The van der Waals surface area contributed by atoms with E-state index >= 15 is 0 Å². The number of nitrogens with zero attached hydrogens (tertiary/aromatic N) is 1. The minimum atomic E-state index is -0.701. The molecule has 5 aliphatic carbocycles. The van der Waals surface area contributed by atoms with Crippen molar-refractivity contribution in [1.82, 2.24) is 10.9 Å². The zero-order valence-corrected chi connectivity index (χ0v) is 23.6. The molecule has 7 heteroatoms. The lowest BCUT2D eigenvalue weighted by Crippen LogP contribution is -2.66. The zero-order valence-electron chi connectivity index (χ0n) is 23.6. The van der Waals surface area contributed by atoms with E-state index in [1.165, 1.54) is 0 Å². The lowest BCUT2D eigenvalue weighted by Gasteiger charge is -2.68. The van der Waals surface area contributed by atoms with Crippen LogP contribution in [0.2, 0.25) is 0 Å². The molecule has 0 heterocycles. The number of hydrazine groups is 1. The van der Waals surface area contributed by atoms with Gasteiger partial charge < -0.3 is 0 Å². The molecule has 5 aliphatic rings. The van der Waals surface area contributed by atoms with Gasteiger partial charge in [-0.25, -0.2) is 0 Å². The van der Waals surface area contributed by atoms with E-state index in [-0.39, 0.29) is 63.0 Å². The molecular weight excluding hydrogens is 478 g/mol.